The SMILES string of the molecule is CN1CCC[C@@H]1[C@H]1CCCN1C(=O)C1CCOCC1. The molecule has 3 fully saturated rings. The van der Waals surface area contributed by atoms with Crippen LogP contribution < -0.4 is 0 Å². The third-order valence-electron chi connectivity index (χ3n) is 5.17. The van der Waals surface area contributed by atoms with Crippen LogP contribution in [0.25, 0.3) is 0 Å². The van der Waals surface area contributed by atoms with E-state index >= 15 is 0 Å². The summed E-state index contributed by atoms with van der Waals surface area (Å²) in [6, 6.07) is 1.08. The number of hydrogen-bond donors (Lipinski definition) is 0. The number of nitrogens with zero attached hydrogens (tertiary/aromatic N) is 2. The van der Waals surface area contributed by atoms with Gasteiger partial charge in [-0.1, -0.05) is 0 Å². The Labute approximate surface area is 116 Å². The molecule has 4 heteroatoms. The minimum atomic E-state index is 0.223. The quantitative estimate of drug-likeness (QED) is 0.759. The molecule has 0 bridgehead atoms. The van der Waals surface area contributed by atoms with Crippen molar-refractivity contribution >= 4 is 5.91 Å². The minimum Gasteiger partial charge on any atom is -0.381 e. The van der Waals surface area contributed by atoms with Crippen molar-refractivity contribution in [2.24, 2.45) is 5.92 Å². The Bertz CT molecular complexity index is 328. The summed E-state index contributed by atoms with van der Waals surface area (Å²) in [4.78, 5) is 17.4. The van der Waals surface area contributed by atoms with Gasteiger partial charge in [0.1, 0.15) is 0 Å². The van der Waals surface area contributed by atoms with E-state index in [0.29, 0.717) is 18.0 Å². The van der Waals surface area contributed by atoms with Crippen LogP contribution in [0.3, 0.4) is 0 Å². The van der Waals surface area contributed by atoms with Crippen LogP contribution in [0.4, 0.5) is 0 Å². The van der Waals surface area contributed by atoms with E-state index in [1.54, 1.807) is 0 Å². The lowest BCUT2D eigenvalue weighted by atomic mass is 9.96. The Morgan fingerprint density at radius 3 is 2.37 bits per heavy atom. The van der Waals surface area contributed by atoms with E-state index in [1.165, 1.54) is 32.2 Å². The van der Waals surface area contributed by atoms with Gasteiger partial charge in [0.15, 0.2) is 0 Å². The fourth-order valence-electron chi connectivity index (χ4n) is 4.07. The number of likely N-dealkylation sites (tertiary alicyclic amines) is 2. The van der Waals surface area contributed by atoms with Gasteiger partial charge in [0.05, 0.1) is 0 Å². The number of amides is 1. The Morgan fingerprint density at radius 2 is 1.68 bits per heavy atom. The molecule has 2 atom stereocenters. The highest BCUT2D eigenvalue weighted by atomic mass is 16.5. The Kier molecular flexibility index (Phi) is 4.08. The summed E-state index contributed by atoms with van der Waals surface area (Å²) >= 11 is 0. The molecule has 3 saturated heterocycles. The largest absolute Gasteiger partial charge is 0.381 e. The second kappa shape index (κ2) is 5.80. The van der Waals surface area contributed by atoms with Crippen molar-refractivity contribution in [3.63, 3.8) is 0 Å². The summed E-state index contributed by atoms with van der Waals surface area (Å²) in [6.45, 7) is 3.70. The molecule has 3 rings (SSSR count). The normalized spacial score (nSPS) is 34.1. The summed E-state index contributed by atoms with van der Waals surface area (Å²) in [7, 11) is 2.22. The number of rotatable bonds is 2. The molecule has 0 aliphatic carbocycles. The number of hydrogen-bond acceptors (Lipinski definition) is 3. The fraction of sp³-hybridized carbons (Fsp3) is 0.933. The van der Waals surface area contributed by atoms with Crippen LogP contribution in [0.1, 0.15) is 38.5 Å². The molecule has 0 radical (unpaired) electrons. The van der Waals surface area contributed by atoms with Crippen LogP contribution in [0, 0.1) is 5.92 Å². The van der Waals surface area contributed by atoms with Gasteiger partial charge in [-0.25, -0.2) is 0 Å². The predicted octanol–water partition coefficient (Wildman–Crippen LogP) is 1.50. The lowest BCUT2D eigenvalue weighted by Crippen LogP contribution is -2.49. The molecule has 19 heavy (non-hydrogen) atoms. The zero-order valence-electron chi connectivity index (χ0n) is 12.0. The summed E-state index contributed by atoms with van der Waals surface area (Å²) in [5.74, 6) is 0.632. The zero-order chi connectivity index (χ0) is 13.2. The summed E-state index contributed by atoms with van der Waals surface area (Å²) in [5.41, 5.74) is 0. The average Bonchev–Trinajstić information content (AvgIpc) is 3.07. The van der Waals surface area contributed by atoms with Gasteiger partial charge in [-0.3, -0.25) is 4.79 Å². The highest BCUT2D eigenvalue weighted by Gasteiger charge is 2.40. The molecule has 0 aromatic rings. The van der Waals surface area contributed by atoms with Gasteiger partial charge >= 0.3 is 0 Å². The molecule has 3 aliphatic rings. The van der Waals surface area contributed by atoms with E-state index in [0.717, 1.165) is 32.6 Å². The van der Waals surface area contributed by atoms with Crippen molar-refractivity contribution in [3.05, 3.63) is 0 Å². The summed E-state index contributed by atoms with van der Waals surface area (Å²) < 4.78 is 5.38. The summed E-state index contributed by atoms with van der Waals surface area (Å²) in [6.07, 6.45) is 6.77. The maximum atomic E-state index is 12.7. The molecule has 0 saturated carbocycles. The molecule has 0 aromatic carbocycles. The van der Waals surface area contributed by atoms with Gasteiger partial charge in [0, 0.05) is 37.8 Å². The first-order valence-corrected chi connectivity index (χ1v) is 7.86. The molecule has 0 aromatic heterocycles. The maximum Gasteiger partial charge on any atom is 0.226 e. The van der Waals surface area contributed by atoms with Gasteiger partial charge in [0.25, 0.3) is 0 Å². The van der Waals surface area contributed by atoms with Crippen molar-refractivity contribution in [2.45, 2.75) is 50.6 Å². The van der Waals surface area contributed by atoms with Gasteiger partial charge in [0.2, 0.25) is 5.91 Å². The van der Waals surface area contributed by atoms with E-state index in [1.807, 2.05) is 0 Å². The predicted molar refractivity (Wildman–Crippen MR) is 73.9 cm³/mol. The Balaban J connectivity index is 1.66. The highest BCUT2D eigenvalue weighted by Crippen LogP contribution is 2.31. The third kappa shape index (κ3) is 2.65. The van der Waals surface area contributed by atoms with Crippen molar-refractivity contribution in [2.75, 3.05) is 33.4 Å². The van der Waals surface area contributed by atoms with Crippen molar-refractivity contribution < 1.29 is 9.53 Å². The maximum absolute atomic E-state index is 12.7. The summed E-state index contributed by atoms with van der Waals surface area (Å²) in [5, 5.41) is 0. The van der Waals surface area contributed by atoms with E-state index < -0.39 is 0 Å². The van der Waals surface area contributed by atoms with Crippen LogP contribution in [0.2, 0.25) is 0 Å². The van der Waals surface area contributed by atoms with Crippen LogP contribution in [0.5, 0.6) is 0 Å². The molecule has 3 heterocycles. The molecule has 108 valence electrons. The number of carbonyl (C=O) groups excluding carboxylic acids is 1. The lowest BCUT2D eigenvalue weighted by molar-refractivity contribution is -0.140. The molecule has 0 N–H and O–H groups in total. The fourth-order valence-corrected chi connectivity index (χ4v) is 4.07. The van der Waals surface area contributed by atoms with Crippen LogP contribution in [-0.2, 0) is 9.53 Å². The molecule has 1 amide bonds. The van der Waals surface area contributed by atoms with Gasteiger partial charge in [-0.05, 0) is 52.1 Å². The smallest absolute Gasteiger partial charge is 0.226 e. The number of likely N-dealkylation sites (N-methyl/N-ethyl adjacent to an activating group) is 1. The number of carbonyl (C=O) groups is 1. The Hall–Kier alpha value is -0.610. The molecule has 0 unspecified atom stereocenters. The van der Waals surface area contributed by atoms with E-state index in [4.69, 9.17) is 4.74 Å². The van der Waals surface area contributed by atoms with Crippen molar-refractivity contribution in [1.29, 1.82) is 0 Å². The van der Waals surface area contributed by atoms with Crippen LogP contribution >= 0.6 is 0 Å². The van der Waals surface area contributed by atoms with Crippen LogP contribution in [0.15, 0.2) is 0 Å². The molecule has 4 nitrogen and oxygen atoms in total. The standard InChI is InChI=1S/C15H26N2O2/c1-16-8-2-4-13(16)14-5-3-9-17(14)15(18)12-6-10-19-11-7-12/h12-14H,2-11H2,1H3/t13-,14-/m1/s1. The lowest BCUT2D eigenvalue weighted by Gasteiger charge is -2.36. The first-order valence-electron chi connectivity index (χ1n) is 7.86. The Morgan fingerprint density at radius 1 is 1.00 bits per heavy atom. The van der Waals surface area contributed by atoms with Gasteiger partial charge in [-0.2, -0.15) is 0 Å². The third-order valence-corrected chi connectivity index (χ3v) is 5.17. The second-order valence-electron chi connectivity index (χ2n) is 6.32. The molecule has 0 spiro atoms. The monoisotopic (exact) mass is 266 g/mol. The topological polar surface area (TPSA) is 32.8 Å². The van der Waals surface area contributed by atoms with Crippen molar-refractivity contribution in [1.82, 2.24) is 9.80 Å². The average molecular weight is 266 g/mol. The number of ether oxygens (including phenoxy) is 1. The van der Waals surface area contributed by atoms with E-state index in [-0.39, 0.29) is 5.92 Å². The first-order chi connectivity index (χ1) is 9.27. The van der Waals surface area contributed by atoms with E-state index in [9.17, 15) is 4.79 Å². The van der Waals surface area contributed by atoms with Crippen LogP contribution in [-0.4, -0.2) is 61.1 Å². The molecular weight excluding hydrogens is 240 g/mol. The van der Waals surface area contributed by atoms with Gasteiger partial charge < -0.3 is 14.5 Å². The van der Waals surface area contributed by atoms with E-state index in [2.05, 4.69) is 16.8 Å². The van der Waals surface area contributed by atoms with Crippen molar-refractivity contribution in [3.8, 4) is 0 Å². The first kappa shape index (κ1) is 13.4. The minimum absolute atomic E-state index is 0.223. The molecule has 3 aliphatic heterocycles. The highest BCUT2D eigenvalue weighted by molar-refractivity contribution is 5.79. The molecular formula is C15H26N2O2. The van der Waals surface area contributed by atoms with Gasteiger partial charge in [-0.15, -0.1) is 0 Å². The zero-order valence-corrected chi connectivity index (χ0v) is 12.0. The second-order valence-corrected chi connectivity index (χ2v) is 6.32.